The molecule has 0 spiro atoms. The number of ether oxygens (including phenoxy) is 2. The summed E-state index contributed by atoms with van der Waals surface area (Å²) in [5.41, 5.74) is 1.44. The zero-order valence-electron chi connectivity index (χ0n) is 16.9. The number of rotatable bonds is 7. The number of aliphatic hydroxyl groups is 1. The van der Waals surface area contributed by atoms with Crippen molar-refractivity contribution in [3.63, 3.8) is 0 Å². The molecule has 32 heavy (non-hydrogen) atoms. The Kier molecular flexibility index (Phi) is 6.03. The van der Waals surface area contributed by atoms with Crippen LogP contribution in [0.25, 0.3) is 0 Å². The molecule has 0 radical (unpaired) electrons. The van der Waals surface area contributed by atoms with Gasteiger partial charge in [-0.15, -0.1) is 11.3 Å². The largest absolute Gasteiger partial charge is 0.454 e. The summed E-state index contributed by atoms with van der Waals surface area (Å²) in [5.74, 6) is 0.180. The van der Waals surface area contributed by atoms with Gasteiger partial charge < -0.3 is 24.0 Å². The molecule has 0 saturated carbocycles. The summed E-state index contributed by atoms with van der Waals surface area (Å²) in [6, 6.07) is 4.64. The van der Waals surface area contributed by atoms with Gasteiger partial charge in [-0.2, -0.15) is 0 Å². The van der Waals surface area contributed by atoms with Crippen molar-refractivity contribution in [2.45, 2.75) is 18.2 Å². The summed E-state index contributed by atoms with van der Waals surface area (Å²) >= 11 is 6.98. The van der Waals surface area contributed by atoms with Crippen LogP contribution < -0.4 is 19.1 Å². The van der Waals surface area contributed by atoms with Crippen LogP contribution in [-0.2, 0) is 16.4 Å². The van der Waals surface area contributed by atoms with Crippen LogP contribution in [0.5, 0.6) is 11.5 Å². The van der Waals surface area contributed by atoms with Crippen molar-refractivity contribution < 1.29 is 32.3 Å². The fourth-order valence-corrected chi connectivity index (χ4v) is 5.70. The van der Waals surface area contributed by atoms with Crippen molar-refractivity contribution >= 4 is 50.4 Å². The van der Waals surface area contributed by atoms with Crippen LogP contribution in [0.4, 0.5) is 11.6 Å². The lowest BCUT2D eigenvalue weighted by Crippen LogP contribution is -2.28. The number of carbonyl (C=O) groups is 1. The number of hydrogen-bond acceptors (Lipinski definition) is 9. The first-order chi connectivity index (χ1) is 15.2. The SMILES string of the molecule is Cc1noc(NS(=O)(=O)c2ccsc2C(=O)N(C)c2cc3c(cc2CCO)OCO3)c1Cl. The Balaban J connectivity index is 1.67. The molecule has 1 aliphatic heterocycles. The normalized spacial score (nSPS) is 12.8. The van der Waals surface area contributed by atoms with E-state index in [1.54, 1.807) is 19.1 Å². The van der Waals surface area contributed by atoms with E-state index in [0.29, 0.717) is 28.4 Å². The van der Waals surface area contributed by atoms with Crippen molar-refractivity contribution in [2.24, 2.45) is 0 Å². The van der Waals surface area contributed by atoms with E-state index in [2.05, 4.69) is 9.88 Å². The predicted octanol–water partition coefficient (Wildman–Crippen LogP) is 3.04. The van der Waals surface area contributed by atoms with Crippen molar-refractivity contribution in [3.05, 3.63) is 44.7 Å². The molecule has 2 N–H and O–H groups in total. The lowest BCUT2D eigenvalue weighted by Gasteiger charge is -2.21. The molecule has 1 amide bonds. The van der Waals surface area contributed by atoms with E-state index in [4.69, 9.17) is 25.6 Å². The molecular formula is C19H18ClN3O7S2. The Bertz CT molecular complexity index is 1290. The first kappa shape index (κ1) is 22.4. The fourth-order valence-electron chi connectivity index (χ4n) is 3.13. The maximum absolute atomic E-state index is 13.3. The summed E-state index contributed by atoms with van der Waals surface area (Å²) in [7, 11) is -2.68. The maximum Gasteiger partial charge on any atom is 0.269 e. The number of fused-ring (bicyclic) bond motifs is 1. The molecule has 1 aliphatic rings. The number of aromatic nitrogens is 1. The molecule has 0 saturated heterocycles. The summed E-state index contributed by atoms with van der Waals surface area (Å²) in [5, 5.41) is 14.6. The highest BCUT2D eigenvalue weighted by Crippen LogP contribution is 2.39. The number of thiophene rings is 1. The van der Waals surface area contributed by atoms with Gasteiger partial charge in [0, 0.05) is 19.7 Å². The van der Waals surface area contributed by atoms with Gasteiger partial charge in [0.05, 0.1) is 5.69 Å². The van der Waals surface area contributed by atoms with E-state index in [1.807, 2.05) is 0 Å². The molecule has 4 rings (SSSR count). The molecule has 170 valence electrons. The number of benzene rings is 1. The highest BCUT2D eigenvalue weighted by molar-refractivity contribution is 7.93. The minimum atomic E-state index is -4.19. The molecule has 0 fully saturated rings. The molecule has 0 bridgehead atoms. The number of halogens is 1. The van der Waals surface area contributed by atoms with Crippen molar-refractivity contribution in [3.8, 4) is 11.5 Å². The number of carbonyl (C=O) groups excluding carboxylic acids is 1. The summed E-state index contributed by atoms with van der Waals surface area (Å²) in [6.45, 7) is 1.47. The van der Waals surface area contributed by atoms with E-state index < -0.39 is 15.9 Å². The Morgan fingerprint density at radius 3 is 2.72 bits per heavy atom. The fraction of sp³-hybridized carbons (Fsp3) is 0.263. The summed E-state index contributed by atoms with van der Waals surface area (Å²) in [4.78, 5) is 14.4. The molecule has 2 aromatic heterocycles. The van der Waals surface area contributed by atoms with Crippen LogP contribution in [0.3, 0.4) is 0 Å². The number of hydrogen-bond donors (Lipinski definition) is 2. The van der Waals surface area contributed by atoms with E-state index in [1.165, 1.54) is 23.4 Å². The topological polar surface area (TPSA) is 131 Å². The van der Waals surface area contributed by atoms with E-state index >= 15 is 0 Å². The van der Waals surface area contributed by atoms with Gasteiger partial charge in [0.1, 0.15) is 20.5 Å². The number of aliphatic hydroxyl groups excluding tert-OH is 1. The third-order valence-corrected chi connectivity index (χ3v) is 7.60. The van der Waals surface area contributed by atoms with E-state index in [0.717, 1.165) is 11.3 Å². The molecule has 1 aromatic carbocycles. The minimum absolute atomic E-state index is 0.0139. The first-order valence-electron chi connectivity index (χ1n) is 9.26. The van der Waals surface area contributed by atoms with Crippen LogP contribution in [-0.4, -0.2) is 45.0 Å². The molecule has 3 heterocycles. The Morgan fingerprint density at radius 1 is 1.34 bits per heavy atom. The highest BCUT2D eigenvalue weighted by Gasteiger charge is 2.30. The lowest BCUT2D eigenvalue weighted by molar-refractivity contribution is 0.0993. The number of anilines is 2. The van der Waals surface area contributed by atoms with Gasteiger partial charge in [0.2, 0.25) is 6.79 Å². The van der Waals surface area contributed by atoms with Crippen LogP contribution in [0.15, 0.2) is 33.0 Å². The molecule has 0 unspecified atom stereocenters. The average Bonchev–Trinajstić information content (AvgIpc) is 3.49. The number of amides is 1. The molecule has 13 heteroatoms. The Labute approximate surface area is 192 Å². The van der Waals surface area contributed by atoms with Crippen LogP contribution in [0, 0.1) is 6.92 Å². The van der Waals surface area contributed by atoms with Gasteiger partial charge in [-0.25, -0.2) is 13.1 Å². The zero-order valence-corrected chi connectivity index (χ0v) is 19.3. The van der Waals surface area contributed by atoms with Crippen molar-refractivity contribution in [2.75, 3.05) is 30.1 Å². The number of nitrogens with one attached hydrogen (secondary N) is 1. The van der Waals surface area contributed by atoms with Crippen molar-refractivity contribution in [1.29, 1.82) is 0 Å². The summed E-state index contributed by atoms with van der Waals surface area (Å²) < 4.78 is 43.8. The Morgan fingerprint density at radius 2 is 2.06 bits per heavy atom. The number of nitrogens with zero attached hydrogens (tertiary/aromatic N) is 2. The van der Waals surface area contributed by atoms with Gasteiger partial charge in [-0.05, 0) is 36.4 Å². The first-order valence-corrected chi connectivity index (χ1v) is 12.0. The zero-order chi connectivity index (χ0) is 23.0. The minimum Gasteiger partial charge on any atom is -0.454 e. The standard InChI is InChI=1S/C19H18ClN3O7S2/c1-10-16(20)18(30-21-10)22-32(26,27)15-4-6-31-17(15)19(25)23(2)12-8-14-13(28-9-29-14)7-11(12)3-5-24/h4,6-8,22,24H,3,5,9H2,1-2H3. The van der Waals surface area contributed by atoms with E-state index in [9.17, 15) is 18.3 Å². The number of sulfonamides is 1. The molecule has 0 aliphatic carbocycles. The van der Waals surface area contributed by atoms with Crippen LogP contribution in [0.2, 0.25) is 5.02 Å². The van der Waals surface area contributed by atoms with Crippen molar-refractivity contribution in [1.82, 2.24) is 5.16 Å². The van der Waals surface area contributed by atoms with Gasteiger partial charge >= 0.3 is 0 Å². The average molecular weight is 500 g/mol. The number of aryl methyl sites for hydroxylation is 1. The Hall–Kier alpha value is -2.80. The third-order valence-electron chi connectivity index (χ3n) is 4.75. The second-order valence-electron chi connectivity index (χ2n) is 6.80. The van der Waals surface area contributed by atoms with Gasteiger partial charge in [0.25, 0.3) is 21.8 Å². The molecule has 3 aromatic rings. The molecule has 10 nitrogen and oxygen atoms in total. The van der Waals surface area contributed by atoms with Crippen LogP contribution >= 0.6 is 22.9 Å². The van der Waals surface area contributed by atoms with Gasteiger partial charge in [-0.1, -0.05) is 16.8 Å². The molecular weight excluding hydrogens is 482 g/mol. The quantitative estimate of drug-likeness (QED) is 0.507. The predicted molar refractivity (Wildman–Crippen MR) is 117 cm³/mol. The highest BCUT2D eigenvalue weighted by atomic mass is 35.5. The van der Waals surface area contributed by atoms with Gasteiger partial charge in [-0.3, -0.25) is 4.79 Å². The van der Waals surface area contributed by atoms with Crippen LogP contribution in [0.1, 0.15) is 20.9 Å². The smallest absolute Gasteiger partial charge is 0.269 e. The van der Waals surface area contributed by atoms with Gasteiger partial charge in [0.15, 0.2) is 11.5 Å². The second kappa shape index (κ2) is 8.62. The lowest BCUT2D eigenvalue weighted by atomic mass is 10.1. The van der Waals surface area contributed by atoms with E-state index in [-0.39, 0.29) is 40.5 Å². The monoisotopic (exact) mass is 499 g/mol. The maximum atomic E-state index is 13.3. The second-order valence-corrected chi connectivity index (χ2v) is 9.75. The third kappa shape index (κ3) is 4.01. The summed E-state index contributed by atoms with van der Waals surface area (Å²) in [6.07, 6.45) is 0.268. The molecule has 0 atom stereocenters.